The molecule has 2 heteroatoms. The molecular formula is C23H23NO. The Bertz CT molecular complexity index is 854. The predicted octanol–water partition coefficient (Wildman–Crippen LogP) is 4.61. The van der Waals surface area contributed by atoms with Gasteiger partial charge in [0, 0.05) is 30.1 Å². The van der Waals surface area contributed by atoms with Gasteiger partial charge in [-0.05, 0) is 30.0 Å². The highest BCUT2D eigenvalue weighted by atomic mass is 16.5. The van der Waals surface area contributed by atoms with Crippen LogP contribution in [0.1, 0.15) is 29.5 Å². The van der Waals surface area contributed by atoms with Gasteiger partial charge >= 0.3 is 0 Å². The third-order valence-corrected chi connectivity index (χ3v) is 6.11. The second-order valence-electron chi connectivity index (χ2n) is 7.54. The smallest absolute Gasteiger partial charge is 0.124 e. The number of benzene rings is 2. The third kappa shape index (κ3) is 2.28. The summed E-state index contributed by atoms with van der Waals surface area (Å²) in [5.41, 5.74) is 5.41. The molecule has 3 unspecified atom stereocenters. The van der Waals surface area contributed by atoms with Crippen molar-refractivity contribution < 1.29 is 4.74 Å². The Hall–Kier alpha value is -2.32. The minimum Gasteiger partial charge on any atom is -0.489 e. The van der Waals surface area contributed by atoms with Crippen molar-refractivity contribution in [2.24, 2.45) is 0 Å². The Balaban J connectivity index is 1.56. The van der Waals surface area contributed by atoms with E-state index in [0.29, 0.717) is 12.6 Å². The van der Waals surface area contributed by atoms with E-state index in [1.807, 2.05) is 6.07 Å². The molecule has 2 nitrogen and oxygen atoms in total. The second kappa shape index (κ2) is 5.60. The first-order valence-electron chi connectivity index (χ1n) is 9.16. The average molecular weight is 329 g/mol. The average Bonchev–Trinajstić information content (AvgIpc) is 2.90. The molecule has 0 saturated carbocycles. The zero-order valence-corrected chi connectivity index (χ0v) is 14.4. The summed E-state index contributed by atoms with van der Waals surface area (Å²) in [6, 6.07) is 17.5. The number of nitrogens with zero attached hydrogens (tertiary/aromatic N) is 1. The molecule has 2 heterocycles. The highest BCUT2D eigenvalue weighted by molar-refractivity contribution is 5.55. The zero-order chi connectivity index (χ0) is 16.9. The number of rotatable bonds is 3. The molecule has 2 aromatic carbocycles. The molecule has 0 aromatic heterocycles. The first-order valence-corrected chi connectivity index (χ1v) is 9.16. The van der Waals surface area contributed by atoms with Crippen LogP contribution in [0.5, 0.6) is 5.75 Å². The molecule has 0 radical (unpaired) electrons. The topological polar surface area (TPSA) is 12.5 Å². The van der Waals surface area contributed by atoms with Gasteiger partial charge in [-0.15, -0.1) is 0 Å². The SMILES string of the molecule is C=C1C=CC23CCN(Cc4cccc(OCc5ccccc5)c42)C3C1. The minimum absolute atomic E-state index is 0.0993. The lowest BCUT2D eigenvalue weighted by molar-refractivity contribution is 0.187. The van der Waals surface area contributed by atoms with Gasteiger partial charge in [0.05, 0.1) is 0 Å². The summed E-state index contributed by atoms with van der Waals surface area (Å²) in [7, 11) is 0. The van der Waals surface area contributed by atoms with Gasteiger partial charge in [-0.25, -0.2) is 0 Å². The number of ether oxygens (including phenoxy) is 1. The lowest BCUT2D eigenvalue weighted by atomic mass is 9.66. The summed E-state index contributed by atoms with van der Waals surface area (Å²) in [5.74, 6) is 1.06. The molecule has 1 aliphatic carbocycles. The van der Waals surface area contributed by atoms with E-state index in [1.54, 1.807) is 0 Å². The Morgan fingerprint density at radius 2 is 2.00 bits per heavy atom. The van der Waals surface area contributed by atoms with E-state index in [-0.39, 0.29) is 5.41 Å². The Kier molecular flexibility index (Phi) is 3.36. The van der Waals surface area contributed by atoms with Gasteiger partial charge in [-0.1, -0.05) is 66.8 Å². The largest absolute Gasteiger partial charge is 0.489 e. The summed E-state index contributed by atoms with van der Waals surface area (Å²) in [5, 5.41) is 0. The highest BCUT2D eigenvalue weighted by Crippen LogP contribution is 2.54. The number of hydrogen-bond donors (Lipinski definition) is 0. The molecule has 1 saturated heterocycles. The summed E-state index contributed by atoms with van der Waals surface area (Å²) in [6.45, 7) is 7.03. The van der Waals surface area contributed by atoms with Crippen LogP contribution in [-0.2, 0) is 18.6 Å². The number of fused-ring (bicyclic) bond motifs is 1. The lowest BCUT2D eigenvalue weighted by Gasteiger charge is -2.45. The van der Waals surface area contributed by atoms with Crippen molar-refractivity contribution in [2.75, 3.05) is 6.54 Å². The van der Waals surface area contributed by atoms with Crippen molar-refractivity contribution >= 4 is 0 Å². The van der Waals surface area contributed by atoms with Crippen LogP contribution in [0.25, 0.3) is 0 Å². The van der Waals surface area contributed by atoms with E-state index in [4.69, 9.17) is 4.74 Å². The quantitative estimate of drug-likeness (QED) is 0.815. The van der Waals surface area contributed by atoms with Gasteiger partial charge in [0.2, 0.25) is 0 Å². The van der Waals surface area contributed by atoms with E-state index < -0.39 is 0 Å². The van der Waals surface area contributed by atoms with E-state index in [1.165, 1.54) is 28.7 Å². The maximum Gasteiger partial charge on any atom is 0.124 e. The molecule has 0 spiro atoms. The van der Waals surface area contributed by atoms with Crippen molar-refractivity contribution in [3.63, 3.8) is 0 Å². The van der Waals surface area contributed by atoms with E-state index in [2.05, 4.69) is 66.1 Å². The maximum atomic E-state index is 6.34. The van der Waals surface area contributed by atoms with Gasteiger partial charge in [-0.3, -0.25) is 4.90 Å². The number of allylic oxidation sites excluding steroid dienone is 1. The molecule has 3 atom stereocenters. The molecule has 0 amide bonds. The summed E-state index contributed by atoms with van der Waals surface area (Å²) in [6.07, 6.45) is 6.91. The van der Waals surface area contributed by atoms with Gasteiger partial charge < -0.3 is 4.74 Å². The van der Waals surface area contributed by atoms with Crippen molar-refractivity contribution in [3.05, 3.63) is 89.5 Å². The van der Waals surface area contributed by atoms with Crippen molar-refractivity contribution in [1.82, 2.24) is 4.90 Å². The Morgan fingerprint density at radius 1 is 1.12 bits per heavy atom. The Labute approximate surface area is 149 Å². The van der Waals surface area contributed by atoms with E-state index in [9.17, 15) is 0 Å². The Morgan fingerprint density at radius 3 is 2.88 bits per heavy atom. The molecule has 3 aliphatic rings. The van der Waals surface area contributed by atoms with Crippen LogP contribution in [0.2, 0.25) is 0 Å². The third-order valence-electron chi connectivity index (χ3n) is 6.11. The zero-order valence-electron chi connectivity index (χ0n) is 14.4. The van der Waals surface area contributed by atoms with Crippen LogP contribution in [0, 0.1) is 0 Å². The van der Waals surface area contributed by atoms with Crippen LogP contribution in [-0.4, -0.2) is 17.5 Å². The van der Waals surface area contributed by atoms with Gasteiger partial charge in [0.25, 0.3) is 0 Å². The van der Waals surface area contributed by atoms with Gasteiger partial charge in [0.1, 0.15) is 12.4 Å². The monoisotopic (exact) mass is 329 g/mol. The van der Waals surface area contributed by atoms with Crippen molar-refractivity contribution in [2.45, 2.75) is 37.5 Å². The standard InChI is InChI=1S/C23H23NO/c1-17-10-11-23-12-13-24(21(23)14-17)15-19-8-5-9-20(22(19)23)25-16-18-6-3-2-4-7-18/h2-11,21H,1,12-16H2. The van der Waals surface area contributed by atoms with Crippen LogP contribution in [0.4, 0.5) is 0 Å². The van der Waals surface area contributed by atoms with Gasteiger partial charge in [-0.2, -0.15) is 0 Å². The lowest BCUT2D eigenvalue weighted by Crippen LogP contribution is -2.47. The van der Waals surface area contributed by atoms with E-state index in [0.717, 1.165) is 25.3 Å². The van der Waals surface area contributed by atoms with Crippen LogP contribution >= 0.6 is 0 Å². The van der Waals surface area contributed by atoms with Crippen LogP contribution in [0.15, 0.2) is 72.8 Å². The molecule has 1 fully saturated rings. The molecule has 2 bridgehead atoms. The summed E-state index contributed by atoms with van der Waals surface area (Å²) >= 11 is 0. The fourth-order valence-corrected chi connectivity index (χ4v) is 4.94. The predicted molar refractivity (Wildman–Crippen MR) is 101 cm³/mol. The normalized spacial score (nSPS) is 29.2. The molecule has 2 aliphatic heterocycles. The van der Waals surface area contributed by atoms with Crippen molar-refractivity contribution in [1.29, 1.82) is 0 Å². The van der Waals surface area contributed by atoms with E-state index >= 15 is 0 Å². The molecule has 126 valence electrons. The maximum absolute atomic E-state index is 6.34. The fraction of sp³-hybridized carbons (Fsp3) is 0.304. The fourth-order valence-electron chi connectivity index (χ4n) is 4.94. The van der Waals surface area contributed by atoms with Gasteiger partial charge in [0.15, 0.2) is 0 Å². The molecule has 2 aromatic rings. The summed E-state index contributed by atoms with van der Waals surface area (Å²) < 4.78 is 6.34. The second-order valence-corrected chi connectivity index (χ2v) is 7.54. The molecule has 25 heavy (non-hydrogen) atoms. The molecule has 5 rings (SSSR count). The minimum atomic E-state index is 0.0993. The van der Waals surface area contributed by atoms with Crippen LogP contribution in [0.3, 0.4) is 0 Å². The molecule has 0 N–H and O–H groups in total. The highest BCUT2D eigenvalue weighted by Gasteiger charge is 2.53. The first kappa shape index (κ1) is 15.0. The van der Waals surface area contributed by atoms with Crippen molar-refractivity contribution in [3.8, 4) is 5.75 Å². The summed E-state index contributed by atoms with van der Waals surface area (Å²) in [4.78, 5) is 2.64. The van der Waals surface area contributed by atoms with Crippen LogP contribution < -0.4 is 4.74 Å². The first-order chi connectivity index (χ1) is 12.3. The molecular weight excluding hydrogens is 306 g/mol. The number of hydrogen-bond acceptors (Lipinski definition) is 2.